The van der Waals surface area contributed by atoms with Crippen molar-refractivity contribution in [1.29, 1.82) is 0 Å². The van der Waals surface area contributed by atoms with Gasteiger partial charge in [-0.1, -0.05) is 31.2 Å². The second-order valence-corrected chi connectivity index (χ2v) is 7.34. The fourth-order valence-corrected chi connectivity index (χ4v) is 3.58. The molecule has 142 valence electrons. The largest absolute Gasteiger partial charge is 0.492 e. The van der Waals surface area contributed by atoms with E-state index in [1.165, 1.54) is 16.5 Å². The third-order valence-corrected chi connectivity index (χ3v) is 5.19. The average molecular weight is 429 g/mol. The molecule has 1 heterocycles. The van der Waals surface area contributed by atoms with Crippen molar-refractivity contribution in [3.8, 4) is 5.75 Å². The van der Waals surface area contributed by atoms with Crippen LogP contribution in [0.15, 0.2) is 59.2 Å². The monoisotopic (exact) mass is 428 g/mol. The lowest BCUT2D eigenvalue weighted by Crippen LogP contribution is -2.27. The maximum atomic E-state index is 12.0. The molecule has 27 heavy (non-hydrogen) atoms. The molecule has 3 aromatic rings. The topological polar surface area (TPSA) is 43.3 Å². The number of hydrogen-bond acceptors (Lipinski definition) is 2. The Kier molecular flexibility index (Phi) is 6.93. The van der Waals surface area contributed by atoms with Crippen molar-refractivity contribution < 1.29 is 9.53 Å². The summed E-state index contributed by atoms with van der Waals surface area (Å²) >= 11 is 3.53. The molecule has 0 unspecified atom stereocenters. The van der Waals surface area contributed by atoms with Crippen LogP contribution in [0.5, 0.6) is 5.75 Å². The van der Waals surface area contributed by atoms with Gasteiger partial charge in [0.1, 0.15) is 5.75 Å². The van der Waals surface area contributed by atoms with Gasteiger partial charge >= 0.3 is 0 Å². The van der Waals surface area contributed by atoms with Crippen molar-refractivity contribution in [3.05, 3.63) is 64.8 Å². The molecule has 3 rings (SSSR count). The van der Waals surface area contributed by atoms with Crippen molar-refractivity contribution in [2.45, 2.75) is 32.7 Å². The summed E-state index contributed by atoms with van der Waals surface area (Å²) in [4.78, 5) is 12.0. The molecule has 0 aliphatic rings. The van der Waals surface area contributed by atoms with Crippen molar-refractivity contribution in [2.75, 3.05) is 13.2 Å². The van der Waals surface area contributed by atoms with Crippen LogP contribution in [0.4, 0.5) is 0 Å². The van der Waals surface area contributed by atoms with E-state index in [9.17, 15) is 4.79 Å². The summed E-state index contributed by atoms with van der Waals surface area (Å²) in [6.07, 6.45) is 4.22. The molecule has 2 aromatic carbocycles. The SMILES string of the molecule is CCc1ccc(OCCCC(=O)NCCn2ccc3ccccc32)c(Br)c1. The standard InChI is InChI=1S/C22H25BrN2O2/c1-2-17-9-10-21(19(23)16-17)27-15-5-8-22(26)24-12-14-25-13-11-18-6-3-4-7-20(18)25/h3-4,6-7,9-11,13,16H,2,5,8,12,14-15H2,1H3,(H,24,26). The van der Waals surface area contributed by atoms with Crippen LogP contribution in [0, 0.1) is 0 Å². The average Bonchev–Trinajstić information content (AvgIpc) is 3.09. The Morgan fingerprint density at radius 1 is 1.19 bits per heavy atom. The minimum atomic E-state index is 0.0652. The molecule has 1 aromatic heterocycles. The number of aromatic nitrogens is 1. The number of para-hydroxylation sites is 1. The fraction of sp³-hybridized carbons (Fsp3) is 0.318. The van der Waals surface area contributed by atoms with Crippen molar-refractivity contribution in [1.82, 2.24) is 9.88 Å². The number of rotatable bonds is 9. The highest BCUT2D eigenvalue weighted by Crippen LogP contribution is 2.26. The van der Waals surface area contributed by atoms with Gasteiger partial charge in [0.15, 0.2) is 0 Å². The summed E-state index contributed by atoms with van der Waals surface area (Å²) in [6.45, 7) is 4.05. The van der Waals surface area contributed by atoms with E-state index in [0.29, 0.717) is 26.0 Å². The first-order chi connectivity index (χ1) is 13.2. The van der Waals surface area contributed by atoms with Gasteiger partial charge in [0.05, 0.1) is 11.1 Å². The Hall–Kier alpha value is -2.27. The number of nitrogens with one attached hydrogen (secondary N) is 1. The normalized spacial score (nSPS) is 10.9. The zero-order chi connectivity index (χ0) is 19.1. The highest BCUT2D eigenvalue weighted by Gasteiger charge is 2.05. The van der Waals surface area contributed by atoms with Gasteiger partial charge in [-0.05, 0) is 64.0 Å². The molecule has 0 atom stereocenters. The summed E-state index contributed by atoms with van der Waals surface area (Å²) < 4.78 is 8.89. The number of carbonyl (C=O) groups excluding carboxylic acids is 1. The molecule has 4 nitrogen and oxygen atoms in total. The van der Waals surface area contributed by atoms with Crippen LogP contribution in [0.1, 0.15) is 25.3 Å². The van der Waals surface area contributed by atoms with Crippen LogP contribution in [-0.2, 0) is 17.8 Å². The van der Waals surface area contributed by atoms with E-state index < -0.39 is 0 Å². The van der Waals surface area contributed by atoms with E-state index in [-0.39, 0.29) is 5.91 Å². The molecule has 0 aliphatic carbocycles. The zero-order valence-corrected chi connectivity index (χ0v) is 17.2. The van der Waals surface area contributed by atoms with E-state index in [1.54, 1.807) is 0 Å². The lowest BCUT2D eigenvalue weighted by molar-refractivity contribution is -0.121. The highest BCUT2D eigenvalue weighted by atomic mass is 79.9. The smallest absolute Gasteiger partial charge is 0.220 e. The molecule has 0 fully saturated rings. The van der Waals surface area contributed by atoms with Crippen molar-refractivity contribution in [3.63, 3.8) is 0 Å². The molecule has 1 N–H and O–H groups in total. The van der Waals surface area contributed by atoms with Gasteiger partial charge in [-0.15, -0.1) is 0 Å². The molecule has 0 saturated carbocycles. The summed E-state index contributed by atoms with van der Waals surface area (Å²) in [5.41, 5.74) is 2.46. The number of halogens is 1. The Balaban J connectivity index is 1.35. The number of amides is 1. The van der Waals surface area contributed by atoms with Crippen LogP contribution in [-0.4, -0.2) is 23.6 Å². The predicted octanol–water partition coefficient (Wildman–Crippen LogP) is 4.94. The Morgan fingerprint density at radius 3 is 2.85 bits per heavy atom. The van der Waals surface area contributed by atoms with Gasteiger partial charge in [-0.3, -0.25) is 4.79 Å². The first-order valence-electron chi connectivity index (χ1n) is 9.39. The van der Waals surface area contributed by atoms with Crippen LogP contribution in [0.2, 0.25) is 0 Å². The van der Waals surface area contributed by atoms with Crippen LogP contribution in [0.25, 0.3) is 10.9 Å². The zero-order valence-electron chi connectivity index (χ0n) is 15.6. The van der Waals surface area contributed by atoms with Gasteiger partial charge in [-0.25, -0.2) is 0 Å². The Bertz CT molecular complexity index is 904. The van der Waals surface area contributed by atoms with Gasteiger partial charge < -0.3 is 14.6 Å². The van der Waals surface area contributed by atoms with E-state index >= 15 is 0 Å². The van der Waals surface area contributed by atoms with Crippen LogP contribution in [0.3, 0.4) is 0 Å². The molecule has 0 radical (unpaired) electrons. The molecule has 1 amide bonds. The van der Waals surface area contributed by atoms with Crippen LogP contribution < -0.4 is 10.1 Å². The molecule has 0 spiro atoms. The number of nitrogens with zero attached hydrogens (tertiary/aromatic N) is 1. The summed E-state index contributed by atoms with van der Waals surface area (Å²) in [5.74, 6) is 0.891. The molecular formula is C22H25BrN2O2. The number of fused-ring (bicyclic) bond motifs is 1. The molecule has 0 aliphatic heterocycles. The minimum Gasteiger partial charge on any atom is -0.492 e. The van der Waals surface area contributed by atoms with E-state index in [2.05, 4.69) is 69.3 Å². The number of ether oxygens (including phenoxy) is 1. The van der Waals surface area contributed by atoms with E-state index in [1.807, 2.05) is 18.2 Å². The fourth-order valence-electron chi connectivity index (χ4n) is 3.04. The summed E-state index contributed by atoms with van der Waals surface area (Å²) in [6, 6.07) is 16.5. The molecule has 5 heteroatoms. The quantitative estimate of drug-likeness (QED) is 0.490. The number of benzene rings is 2. The third-order valence-electron chi connectivity index (χ3n) is 4.57. The highest BCUT2D eigenvalue weighted by molar-refractivity contribution is 9.10. The van der Waals surface area contributed by atoms with Gasteiger partial charge in [0.2, 0.25) is 5.91 Å². The first kappa shape index (κ1) is 19.5. The number of hydrogen-bond donors (Lipinski definition) is 1. The van der Waals surface area contributed by atoms with Crippen molar-refractivity contribution in [2.24, 2.45) is 0 Å². The second-order valence-electron chi connectivity index (χ2n) is 6.49. The third kappa shape index (κ3) is 5.36. The van der Waals surface area contributed by atoms with Gasteiger partial charge in [-0.2, -0.15) is 0 Å². The summed E-state index contributed by atoms with van der Waals surface area (Å²) in [7, 11) is 0. The molecule has 0 saturated heterocycles. The van der Waals surface area contributed by atoms with E-state index in [0.717, 1.165) is 23.2 Å². The first-order valence-corrected chi connectivity index (χ1v) is 10.2. The van der Waals surface area contributed by atoms with E-state index in [4.69, 9.17) is 4.74 Å². The van der Waals surface area contributed by atoms with Crippen LogP contribution >= 0.6 is 15.9 Å². The number of aryl methyl sites for hydroxylation is 1. The maximum absolute atomic E-state index is 12.0. The lowest BCUT2D eigenvalue weighted by atomic mass is 10.2. The lowest BCUT2D eigenvalue weighted by Gasteiger charge is -2.10. The number of carbonyl (C=O) groups is 1. The Labute approximate surface area is 168 Å². The van der Waals surface area contributed by atoms with Gasteiger partial charge in [0.25, 0.3) is 0 Å². The van der Waals surface area contributed by atoms with Gasteiger partial charge in [0, 0.05) is 31.2 Å². The maximum Gasteiger partial charge on any atom is 0.220 e. The molecular weight excluding hydrogens is 404 g/mol. The van der Waals surface area contributed by atoms with Crippen molar-refractivity contribution >= 4 is 32.7 Å². The predicted molar refractivity (Wildman–Crippen MR) is 113 cm³/mol. The Morgan fingerprint density at radius 2 is 2.04 bits per heavy atom. The molecule has 0 bridgehead atoms. The second kappa shape index (κ2) is 9.60. The minimum absolute atomic E-state index is 0.0652. The summed E-state index contributed by atoms with van der Waals surface area (Å²) in [5, 5.41) is 4.21.